The number of carbonyl (C=O) groups excluding carboxylic acids is 1. The fourth-order valence-corrected chi connectivity index (χ4v) is 1.91. The van der Waals surface area contributed by atoms with E-state index >= 15 is 0 Å². The zero-order valence-corrected chi connectivity index (χ0v) is 9.12. The third kappa shape index (κ3) is 3.64. The first-order chi connectivity index (χ1) is 6.59. The molecule has 4 heteroatoms. The van der Waals surface area contributed by atoms with Crippen LogP contribution in [0.25, 0.3) is 0 Å². The summed E-state index contributed by atoms with van der Waals surface area (Å²) in [6.45, 7) is 4.25. The molecule has 1 amide bonds. The molecule has 0 radical (unpaired) electrons. The molecule has 0 aromatic carbocycles. The second-order valence-electron chi connectivity index (χ2n) is 4.25. The summed E-state index contributed by atoms with van der Waals surface area (Å²) in [4.78, 5) is 12.8. The van der Waals surface area contributed by atoms with Crippen molar-refractivity contribution >= 4 is 5.91 Å². The molecular formula is C10H21N3O. The maximum Gasteiger partial charge on any atom is 0.217 e. The number of nitrogens with one attached hydrogen (secondary N) is 1. The number of amides is 1. The molecule has 0 aromatic rings. The van der Waals surface area contributed by atoms with Gasteiger partial charge in [0.1, 0.15) is 0 Å². The van der Waals surface area contributed by atoms with Gasteiger partial charge in [0.15, 0.2) is 0 Å². The minimum atomic E-state index is -0.205. The molecule has 1 aliphatic heterocycles. The second kappa shape index (κ2) is 5.32. The molecule has 4 nitrogen and oxygen atoms in total. The van der Waals surface area contributed by atoms with Gasteiger partial charge in [0, 0.05) is 25.0 Å². The van der Waals surface area contributed by atoms with Gasteiger partial charge in [0.2, 0.25) is 5.91 Å². The zero-order valence-electron chi connectivity index (χ0n) is 9.12. The predicted molar refractivity (Wildman–Crippen MR) is 56.9 cm³/mol. The lowest BCUT2D eigenvalue weighted by atomic mass is 10.2. The maximum absolute atomic E-state index is 10.5. The molecule has 2 unspecified atom stereocenters. The van der Waals surface area contributed by atoms with Crippen LogP contribution in [0.3, 0.4) is 0 Å². The standard InChI is InChI=1S/C10H21N3O/c1-8-6-9(7-13(8)2)12-5-3-4-10(11)14/h8-9,12H,3-7H2,1-2H3,(H2,11,14). The van der Waals surface area contributed by atoms with Crippen molar-refractivity contribution in [1.29, 1.82) is 0 Å². The lowest BCUT2D eigenvalue weighted by molar-refractivity contribution is -0.118. The fourth-order valence-electron chi connectivity index (χ4n) is 1.91. The number of hydrogen-bond acceptors (Lipinski definition) is 3. The molecule has 3 N–H and O–H groups in total. The van der Waals surface area contributed by atoms with Crippen LogP contribution in [0.5, 0.6) is 0 Å². The molecular weight excluding hydrogens is 178 g/mol. The summed E-state index contributed by atoms with van der Waals surface area (Å²) in [5, 5.41) is 3.45. The van der Waals surface area contributed by atoms with Crippen molar-refractivity contribution in [3.63, 3.8) is 0 Å². The van der Waals surface area contributed by atoms with Crippen molar-refractivity contribution in [2.45, 2.75) is 38.3 Å². The summed E-state index contributed by atoms with van der Waals surface area (Å²) in [6.07, 6.45) is 2.54. The molecule has 1 heterocycles. The van der Waals surface area contributed by atoms with Crippen LogP contribution in [0.4, 0.5) is 0 Å². The number of hydrogen-bond donors (Lipinski definition) is 2. The molecule has 0 saturated carbocycles. The Morgan fingerprint density at radius 3 is 2.86 bits per heavy atom. The zero-order chi connectivity index (χ0) is 10.6. The van der Waals surface area contributed by atoms with Gasteiger partial charge in [-0.2, -0.15) is 0 Å². The molecule has 1 fully saturated rings. The summed E-state index contributed by atoms with van der Waals surface area (Å²) in [6, 6.07) is 1.26. The number of likely N-dealkylation sites (N-methyl/N-ethyl adjacent to an activating group) is 1. The predicted octanol–water partition coefficient (Wildman–Crippen LogP) is -0.0659. The van der Waals surface area contributed by atoms with Gasteiger partial charge < -0.3 is 16.0 Å². The molecule has 1 aliphatic rings. The van der Waals surface area contributed by atoms with E-state index in [-0.39, 0.29) is 5.91 Å². The molecule has 0 aliphatic carbocycles. The van der Waals surface area contributed by atoms with Gasteiger partial charge >= 0.3 is 0 Å². The van der Waals surface area contributed by atoms with Gasteiger partial charge in [0.05, 0.1) is 0 Å². The molecule has 14 heavy (non-hydrogen) atoms. The quantitative estimate of drug-likeness (QED) is 0.610. The van der Waals surface area contributed by atoms with Crippen LogP contribution in [-0.4, -0.2) is 43.0 Å². The Kier molecular flexibility index (Phi) is 4.35. The largest absolute Gasteiger partial charge is 0.370 e. The van der Waals surface area contributed by atoms with E-state index in [1.165, 1.54) is 6.42 Å². The Hall–Kier alpha value is -0.610. The van der Waals surface area contributed by atoms with E-state index in [1.54, 1.807) is 0 Å². The number of rotatable bonds is 5. The highest BCUT2D eigenvalue weighted by atomic mass is 16.1. The first kappa shape index (κ1) is 11.5. The van der Waals surface area contributed by atoms with Crippen molar-refractivity contribution in [1.82, 2.24) is 10.2 Å². The smallest absolute Gasteiger partial charge is 0.217 e. The molecule has 0 spiro atoms. The lowest BCUT2D eigenvalue weighted by Crippen LogP contribution is -2.32. The van der Waals surface area contributed by atoms with Gasteiger partial charge in [-0.3, -0.25) is 4.79 Å². The topological polar surface area (TPSA) is 58.4 Å². The molecule has 0 bridgehead atoms. The summed E-state index contributed by atoms with van der Waals surface area (Å²) < 4.78 is 0. The van der Waals surface area contributed by atoms with E-state index in [4.69, 9.17) is 5.73 Å². The molecule has 1 saturated heterocycles. The van der Waals surface area contributed by atoms with Gasteiger partial charge in [-0.15, -0.1) is 0 Å². The third-order valence-electron chi connectivity index (χ3n) is 2.92. The highest BCUT2D eigenvalue weighted by molar-refractivity contribution is 5.73. The summed E-state index contributed by atoms with van der Waals surface area (Å²) in [7, 11) is 2.15. The number of nitrogens with two attached hydrogens (primary N) is 1. The molecule has 2 atom stereocenters. The number of nitrogens with zero attached hydrogens (tertiary/aromatic N) is 1. The van der Waals surface area contributed by atoms with E-state index < -0.39 is 0 Å². The Labute approximate surface area is 85.8 Å². The summed E-state index contributed by atoms with van der Waals surface area (Å²) in [5.41, 5.74) is 5.06. The third-order valence-corrected chi connectivity index (χ3v) is 2.92. The van der Waals surface area contributed by atoms with Crippen LogP contribution in [0.1, 0.15) is 26.2 Å². The first-order valence-electron chi connectivity index (χ1n) is 5.31. The summed E-state index contributed by atoms with van der Waals surface area (Å²) >= 11 is 0. The number of carbonyl (C=O) groups is 1. The van der Waals surface area contributed by atoms with Crippen LogP contribution in [-0.2, 0) is 4.79 Å². The SMILES string of the molecule is CC1CC(NCCCC(N)=O)CN1C. The first-order valence-corrected chi connectivity index (χ1v) is 5.31. The van der Waals surface area contributed by atoms with Crippen LogP contribution in [0.2, 0.25) is 0 Å². The second-order valence-corrected chi connectivity index (χ2v) is 4.25. The van der Waals surface area contributed by atoms with Gasteiger partial charge in [-0.25, -0.2) is 0 Å². The Morgan fingerprint density at radius 2 is 2.36 bits per heavy atom. The van der Waals surface area contributed by atoms with Gasteiger partial charge in [-0.1, -0.05) is 0 Å². The van der Waals surface area contributed by atoms with E-state index in [1.807, 2.05) is 0 Å². The van der Waals surface area contributed by atoms with Gasteiger partial charge in [-0.05, 0) is 33.4 Å². The highest BCUT2D eigenvalue weighted by Gasteiger charge is 2.24. The van der Waals surface area contributed by atoms with E-state index in [0.29, 0.717) is 18.5 Å². The van der Waals surface area contributed by atoms with Crippen LogP contribution >= 0.6 is 0 Å². The Balaban J connectivity index is 2.06. The Morgan fingerprint density at radius 1 is 1.64 bits per heavy atom. The van der Waals surface area contributed by atoms with E-state index in [9.17, 15) is 4.79 Å². The highest BCUT2D eigenvalue weighted by Crippen LogP contribution is 2.14. The minimum absolute atomic E-state index is 0.205. The van der Waals surface area contributed by atoms with Crippen LogP contribution < -0.4 is 11.1 Å². The van der Waals surface area contributed by atoms with E-state index in [2.05, 4.69) is 24.2 Å². The van der Waals surface area contributed by atoms with Crippen molar-refractivity contribution in [2.75, 3.05) is 20.1 Å². The number of primary amides is 1. The minimum Gasteiger partial charge on any atom is -0.370 e. The average Bonchev–Trinajstić information content (AvgIpc) is 2.40. The van der Waals surface area contributed by atoms with Crippen LogP contribution in [0, 0.1) is 0 Å². The van der Waals surface area contributed by atoms with Crippen LogP contribution in [0.15, 0.2) is 0 Å². The lowest BCUT2D eigenvalue weighted by Gasteiger charge is -2.13. The van der Waals surface area contributed by atoms with Crippen molar-refractivity contribution < 1.29 is 4.79 Å². The maximum atomic E-state index is 10.5. The molecule has 0 aromatic heterocycles. The summed E-state index contributed by atoms with van der Waals surface area (Å²) in [5.74, 6) is -0.205. The molecule has 82 valence electrons. The van der Waals surface area contributed by atoms with E-state index in [0.717, 1.165) is 19.5 Å². The van der Waals surface area contributed by atoms with Crippen molar-refractivity contribution in [3.8, 4) is 0 Å². The Bertz CT molecular complexity index is 186. The number of likely N-dealkylation sites (tertiary alicyclic amines) is 1. The van der Waals surface area contributed by atoms with Gasteiger partial charge in [0.25, 0.3) is 0 Å². The fraction of sp³-hybridized carbons (Fsp3) is 0.900. The monoisotopic (exact) mass is 199 g/mol. The van der Waals surface area contributed by atoms with Crippen molar-refractivity contribution in [3.05, 3.63) is 0 Å². The molecule has 1 rings (SSSR count). The van der Waals surface area contributed by atoms with Crippen molar-refractivity contribution in [2.24, 2.45) is 5.73 Å². The average molecular weight is 199 g/mol. The normalized spacial score (nSPS) is 28.1.